The molecule has 18 heavy (non-hydrogen) atoms. The first-order valence-corrected chi connectivity index (χ1v) is 7.34. The fraction of sp³-hybridized carbons (Fsp3) is 1.00. The van der Waals surface area contributed by atoms with Crippen LogP contribution in [0.5, 0.6) is 0 Å². The Hall–Kier alpha value is -0.160. The van der Waals surface area contributed by atoms with Crippen molar-refractivity contribution in [3.63, 3.8) is 0 Å². The number of hydrogen-bond donors (Lipinski definition) is 0. The average Bonchev–Trinajstić information content (AvgIpc) is 2.78. The first-order valence-electron chi connectivity index (χ1n) is 7.34. The van der Waals surface area contributed by atoms with Gasteiger partial charge < -0.3 is 14.2 Å². The topological polar surface area (TPSA) is 30.9 Å². The van der Waals surface area contributed by atoms with E-state index in [9.17, 15) is 0 Å². The molecule has 0 aromatic rings. The molecule has 4 nitrogen and oxygen atoms in total. The molecule has 4 heteroatoms. The van der Waals surface area contributed by atoms with Crippen LogP contribution >= 0.6 is 0 Å². The molecule has 0 N–H and O–H groups in total. The lowest BCUT2D eigenvalue weighted by Crippen LogP contribution is -2.43. The van der Waals surface area contributed by atoms with Crippen LogP contribution < -0.4 is 0 Å². The Morgan fingerprint density at radius 1 is 1.17 bits per heavy atom. The summed E-state index contributed by atoms with van der Waals surface area (Å²) in [6, 6.07) is 0.589. The van der Waals surface area contributed by atoms with Gasteiger partial charge in [-0.15, -0.1) is 0 Å². The minimum Gasteiger partial charge on any atom is -0.381 e. The quantitative estimate of drug-likeness (QED) is 0.760. The van der Waals surface area contributed by atoms with Crippen LogP contribution in [0, 0.1) is 5.92 Å². The third-order valence-electron chi connectivity index (χ3n) is 4.72. The van der Waals surface area contributed by atoms with Gasteiger partial charge in [0.05, 0.1) is 6.10 Å². The van der Waals surface area contributed by atoms with Crippen LogP contribution in [0.3, 0.4) is 0 Å². The Balaban J connectivity index is 1.60. The lowest BCUT2D eigenvalue weighted by Gasteiger charge is -2.34. The summed E-state index contributed by atoms with van der Waals surface area (Å²) < 4.78 is 17.0. The molecule has 3 rings (SSSR count). The number of rotatable bonds is 3. The number of fused-ring (bicyclic) bond motifs is 1. The van der Waals surface area contributed by atoms with Gasteiger partial charge in [0, 0.05) is 46.1 Å². The van der Waals surface area contributed by atoms with Gasteiger partial charge in [-0.25, -0.2) is 0 Å². The molecule has 0 amide bonds. The summed E-state index contributed by atoms with van der Waals surface area (Å²) in [5.74, 6) is 0.803. The molecule has 0 radical (unpaired) electrons. The number of nitrogens with zero attached hydrogens (tertiary/aromatic N) is 1. The second-order valence-electron chi connectivity index (χ2n) is 5.83. The number of hydrogen-bond acceptors (Lipinski definition) is 4. The summed E-state index contributed by atoms with van der Waals surface area (Å²) in [5, 5.41) is 0. The Kier molecular flexibility index (Phi) is 4.19. The molecule has 0 bridgehead atoms. The minimum atomic E-state index is 0.273. The highest BCUT2D eigenvalue weighted by atomic mass is 16.5. The monoisotopic (exact) mass is 255 g/mol. The van der Waals surface area contributed by atoms with Crippen molar-refractivity contribution in [1.29, 1.82) is 0 Å². The highest BCUT2D eigenvalue weighted by Crippen LogP contribution is 2.32. The highest BCUT2D eigenvalue weighted by Gasteiger charge is 2.44. The van der Waals surface area contributed by atoms with Crippen molar-refractivity contribution in [1.82, 2.24) is 4.90 Å². The lowest BCUT2D eigenvalue weighted by molar-refractivity contribution is -0.0663. The van der Waals surface area contributed by atoms with E-state index >= 15 is 0 Å². The molecule has 0 aromatic heterocycles. The SMILES string of the molecule is CO[C@@H]1CN(CC2CCOCC2)[C@H]2CCCO[C@@H]12. The summed E-state index contributed by atoms with van der Waals surface area (Å²) in [6.45, 7) is 5.04. The molecule has 104 valence electrons. The average molecular weight is 255 g/mol. The Morgan fingerprint density at radius 2 is 2.00 bits per heavy atom. The number of methoxy groups -OCH3 is 1. The van der Waals surface area contributed by atoms with Gasteiger partial charge in [-0.1, -0.05) is 0 Å². The predicted molar refractivity (Wildman–Crippen MR) is 68.7 cm³/mol. The van der Waals surface area contributed by atoms with E-state index in [0.29, 0.717) is 12.1 Å². The van der Waals surface area contributed by atoms with Crippen molar-refractivity contribution in [3.8, 4) is 0 Å². The van der Waals surface area contributed by atoms with Crippen molar-refractivity contribution in [2.24, 2.45) is 5.92 Å². The summed E-state index contributed by atoms with van der Waals surface area (Å²) in [6.07, 6.45) is 5.48. The van der Waals surface area contributed by atoms with Crippen molar-refractivity contribution in [2.75, 3.05) is 40.0 Å². The summed E-state index contributed by atoms with van der Waals surface area (Å²) in [7, 11) is 1.82. The molecule has 0 unspecified atom stereocenters. The predicted octanol–water partition coefficient (Wildman–Crippen LogP) is 1.29. The highest BCUT2D eigenvalue weighted by molar-refractivity contribution is 4.97. The third kappa shape index (κ3) is 2.57. The normalized spacial score (nSPS) is 38.8. The van der Waals surface area contributed by atoms with Gasteiger partial charge in [-0.3, -0.25) is 4.90 Å². The smallest absolute Gasteiger partial charge is 0.100 e. The third-order valence-corrected chi connectivity index (χ3v) is 4.72. The van der Waals surface area contributed by atoms with Crippen LogP contribution in [0.2, 0.25) is 0 Å². The van der Waals surface area contributed by atoms with Gasteiger partial charge in [0.15, 0.2) is 0 Å². The zero-order valence-electron chi connectivity index (χ0n) is 11.3. The molecule has 3 fully saturated rings. The van der Waals surface area contributed by atoms with E-state index in [1.54, 1.807) is 0 Å². The van der Waals surface area contributed by atoms with Gasteiger partial charge in [0.1, 0.15) is 6.10 Å². The van der Waals surface area contributed by atoms with E-state index in [1.807, 2.05) is 7.11 Å². The maximum absolute atomic E-state index is 5.93. The van der Waals surface area contributed by atoms with Crippen LogP contribution in [0.1, 0.15) is 25.7 Å². The molecule has 0 saturated carbocycles. The van der Waals surface area contributed by atoms with Crippen molar-refractivity contribution in [3.05, 3.63) is 0 Å². The standard InChI is InChI=1S/C14H25NO3/c1-16-13-10-15(9-11-4-7-17-8-5-11)12-3-2-6-18-14(12)13/h11-14H,2-10H2,1H3/t12-,13+,14+/m0/s1. The van der Waals surface area contributed by atoms with E-state index in [-0.39, 0.29) is 6.10 Å². The summed E-state index contributed by atoms with van der Waals surface area (Å²) in [5.41, 5.74) is 0. The molecular weight excluding hydrogens is 230 g/mol. The zero-order chi connectivity index (χ0) is 12.4. The first kappa shape index (κ1) is 12.9. The molecule has 0 spiro atoms. The molecule has 0 aromatic carbocycles. The van der Waals surface area contributed by atoms with Crippen LogP contribution in [-0.4, -0.2) is 63.2 Å². The fourth-order valence-electron chi connectivity index (χ4n) is 3.68. The zero-order valence-corrected chi connectivity index (χ0v) is 11.3. The number of likely N-dealkylation sites (tertiary alicyclic amines) is 1. The Morgan fingerprint density at radius 3 is 2.78 bits per heavy atom. The van der Waals surface area contributed by atoms with E-state index in [0.717, 1.165) is 32.3 Å². The van der Waals surface area contributed by atoms with Gasteiger partial charge in [-0.2, -0.15) is 0 Å². The molecule has 3 aliphatic rings. The van der Waals surface area contributed by atoms with E-state index in [2.05, 4.69) is 4.90 Å². The molecule has 0 aliphatic carbocycles. The van der Waals surface area contributed by atoms with E-state index in [1.165, 1.54) is 32.2 Å². The van der Waals surface area contributed by atoms with Crippen LogP contribution in [0.15, 0.2) is 0 Å². The van der Waals surface area contributed by atoms with E-state index < -0.39 is 0 Å². The van der Waals surface area contributed by atoms with Crippen LogP contribution in [0.4, 0.5) is 0 Å². The second-order valence-corrected chi connectivity index (χ2v) is 5.83. The van der Waals surface area contributed by atoms with Gasteiger partial charge in [-0.05, 0) is 31.6 Å². The van der Waals surface area contributed by atoms with Gasteiger partial charge in [0.25, 0.3) is 0 Å². The molecular formula is C14H25NO3. The maximum atomic E-state index is 5.93. The maximum Gasteiger partial charge on any atom is 0.100 e. The first-order chi connectivity index (χ1) is 8.88. The molecule has 3 aliphatic heterocycles. The number of ether oxygens (including phenoxy) is 3. The summed E-state index contributed by atoms with van der Waals surface area (Å²) >= 11 is 0. The Bertz CT molecular complexity index is 268. The molecule has 3 saturated heterocycles. The van der Waals surface area contributed by atoms with Crippen LogP contribution in [-0.2, 0) is 14.2 Å². The van der Waals surface area contributed by atoms with E-state index in [4.69, 9.17) is 14.2 Å². The minimum absolute atomic E-state index is 0.273. The van der Waals surface area contributed by atoms with Crippen molar-refractivity contribution >= 4 is 0 Å². The lowest BCUT2D eigenvalue weighted by atomic mass is 9.97. The summed E-state index contributed by atoms with van der Waals surface area (Å²) in [4.78, 5) is 2.62. The fourth-order valence-corrected chi connectivity index (χ4v) is 3.68. The van der Waals surface area contributed by atoms with Crippen molar-refractivity contribution < 1.29 is 14.2 Å². The van der Waals surface area contributed by atoms with Crippen LogP contribution in [0.25, 0.3) is 0 Å². The molecule has 3 heterocycles. The van der Waals surface area contributed by atoms with Gasteiger partial charge >= 0.3 is 0 Å². The van der Waals surface area contributed by atoms with Crippen molar-refractivity contribution in [2.45, 2.75) is 43.9 Å². The largest absolute Gasteiger partial charge is 0.381 e. The second kappa shape index (κ2) is 5.87. The van der Waals surface area contributed by atoms with Gasteiger partial charge in [0.2, 0.25) is 0 Å². The molecule has 3 atom stereocenters. The Labute approximate surface area is 110 Å².